The van der Waals surface area contributed by atoms with Crippen LogP contribution < -0.4 is 5.73 Å². The highest BCUT2D eigenvalue weighted by atomic mass is 32.2. The quantitative estimate of drug-likeness (QED) is 0.884. The first kappa shape index (κ1) is 15.1. The Labute approximate surface area is 126 Å². The van der Waals surface area contributed by atoms with Crippen molar-refractivity contribution in [3.05, 3.63) is 58.7 Å². The molecule has 0 aliphatic rings. The van der Waals surface area contributed by atoms with E-state index in [9.17, 15) is 0 Å². The number of benzene rings is 2. The zero-order valence-electron chi connectivity index (χ0n) is 12.7. The molecular weight excluding hydrogens is 262 g/mol. The molecule has 1 atom stereocenters. The van der Waals surface area contributed by atoms with Crippen molar-refractivity contribution in [2.75, 3.05) is 0 Å². The summed E-state index contributed by atoms with van der Waals surface area (Å²) in [4.78, 5) is 2.63. The minimum Gasteiger partial charge on any atom is -0.328 e. The van der Waals surface area contributed by atoms with Crippen molar-refractivity contribution in [3.63, 3.8) is 0 Å². The Morgan fingerprint density at radius 1 is 1.00 bits per heavy atom. The molecule has 0 amide bonds. The van der Waals surface area contributed by atoms with Crippen LogP contribution in [0.4, 0.5) is 0 Å². The van der Waals surface area contributed by atoms with Crippen LogP contribution in [0.3, 0.4) is 0 Å². The van der Waals surface area contributed by atoms with Crippen LogP contribution >= 0.6 is 11.8 Å². The summed E-state index contributed by atoms with van der Waals surface area (Å²) in [5.41, 5.74) is 11.2. The Bertz CT molecular complexity index is 602. The summed E-state index contributed by atoms with van der Waals surface area (Å²) in [6.45, 7) is 8.53. The van der Waals surface area contributed by atoms with Crippen molar-refractivity contribution in [2.24, 2.45) is 5.73 Å². The zero-order chi connectivity index (χ0) is 14.7. The molecule has 2 aromatic carbocycles. The third kappa shape index (κ3) is 3.87. The van der Waals surface area contributed by atoms with Gasteiger partial charge in [-0.1, -0.05) is 30.0 Å². The summed E-state index contributed by atoms with van der Waals surface area (Å²) < 4.78 is 0. The monoisotopic (exact) mass is 285 g/mol. The lowest BCUT2D eigenvalue weighted by atomic mass is 10.0. The lowest BCUT2D eigenvalue weighted by Gasteiger charge is -2.12. The third-order valence-corrected chi connectivity index (χ3v) is 4.58. The van der Waals surface area contributed by atoms with Gasteiger partial charge in [0.05, 0.1) is 0 Å². The van der Waals surface area contributed by atoms with Crippen LogP contribution in [-0.4, -0.2) is 6.04 Å². The van der Waals surface area contributed by atoms with Gasteiger partial charge in [-0.2, -0.15) is 0 Å². The highest BCUT2D eigenvalue weighted by molar-refractivity contribution is 7.99. The molecule has 2 rings (SSSR count). The second-order valence-corrected chi connectivity index (χ2v) is 6.76. The molecule has 1 nitrogen and oxygen atoms in total. The van der Waals surface area contributed by atoms with Crippen LogP contribution in [0.5, 0.6) is 0 Å². The summed E-state index contributed by atoms with van der Waals surface area (Å²) in [5, 5.41) is 0. The van der Waals surface area contributed by atoms with Gasteiger partial charge in [-0.25, -0.2) is 0 Å². The molecule has 0 spiro atoms. The van der Waals surface area contributed by atoms with Gasteiger partial charge < -0.3 is 5.73 Å². The lowest BCUT2D eigenvalue weighted by molar-refractivity contribution is 0.734. The van der Waals surface area contributed by atoms with Crippen LogP contribution in [-0.2, 0) is 6.42 Å². The fourth-order valence-corrected chi connectivity index (χ4v) is 3.35. The maximum absolute atomic E-state index is 5.89. The van der Waals surface area contributed by atoms with Gasteiger partial charge in [-0.15, -0.1) is 0 Å². The van der Waals surface area contributed by atoms with Gasteiger partial charge in [0.1, 0.15) is 0 Å². The van der Waals surface area contributed by atoms with Crippen molar-refractivity contribution >= 4 is 11.8 Å². The maximum atomic E-state index is 5.89. The van der Waals surface area contributed by atoms with Crippen molar-refractivity contribution < 1.29 is 0 Å². The standard InChI is InChI=1S/C18H23NS/c1-12-5-6-13(2)18(9-12)20-17-8-7-16(11-15(4)19)14(3)10-17/h5-10,15H,11,19H2,1-4H3. The van der Waals surface area contributed by atoms with Crippen molar-refractivity contribution in [1.82, 2.24) is 0 Å². The fourth-order valence-electron chi connectivity index (χ4n) is 2.25. The normalized spacial score (nSPS) is 12.4. The van der Waals surface area contributed by atoms with Crippen LogP contribution in [0.1, 0.15) is 29.2 Å². The molecule has 0 aliphatic carbocycles. The molecule has 2 N–H and O–H groups in total. The molecule has 0 heterocycles. The van der Waals surface area contributed by atoms with E-state index in [1.165, 1.54) is 32.0 Å². The zero-order valence-corrected chi connectivity index (χ0v) is 13.6. The second kappa shape index (κ2) is 6.47. The van der Waals surface area contributed by atoms with Crippen molar-refractivity contribution in [2.45, 2.75) is 49.9 Å². The Kier molecular flexibility index (Phi) is 4.90. The number of aryl methyl sites for hydroxylation is 3. The van der Waals surface area contributed by atoms with E-state index in [-0.39, 0.29) is 6.04 Å². The van der Waals surface area contributed by atoms with Gasteiger partial charge in [0.15, 0.2) is 0 Å². The summed E-state index contributed by atoms with van der Waals surface area (Å²) >= 11 is 1.84. The summed E-state index contributed by atoms with van der Waals surface area (Å²) in [6, 6.07) is 13.5. The van der Waals surface area contributed by atoms with E-state index in [0.717, 1.165) is 6.42 Å². The topological polar surface area (TPSA) is 26.0 Å². The van der Waals surface area contributed by atoms with E-state index in [0.29, 0.717) is 0 Å². The van der Waals surface area contributed by atoms with E-state index < -0.39 is 0 Å². The van der Waals surface area contributed by atoms with Crippen LogP contribution in [0.15, 0.2) is 46.2 Å². The van der Waals surface area contributed by atoms with Gasteiger partial charge >= 0.3 is 0 Å². The van der Waals surface area contributed by atoms with E-state index in [2.05, 4.69) is 64.1 Å². The van der Waals surface area contributed by atoms with E-state index in [4.69, 9.17) is 5.73 Å². The van der Waals surface area contributed by atoms with Crippen molar-refractivity contribution in [1.29, 1.82) is 0 Å². The Morgan fingerprint density at radius 3 is 2.40 bits per heavy atom. The molecule has 0 saturated carbocycles. The predicted octanol–water partition coefficient (Wildman–Crippen LogP) is 4.65. The fraction of sp³-hybridized carbons (Fsp3) is 0.333. The largest absolute Gasteiger partial charge is 0.328 e. The van der Waals surface area contributed by atoms with Crippen molar-refractivity contribution in [3.8, 4) is 0 Å². The van der Waals surface area contributed by atoms with Gasteiger partial charge in [-0.3, -0.25) is 0 Å². The molecule has 0 fully saturated rings. The Hall–Kier alpha value is -1.25. The Morgan fingerprint density at radius 2 is 1.75 bits per heavy atom. The highest BCUT2D eigenvalue weighted by Gasteiger charge is 2.06. The summed E-state index contributed by atoms with van der Waals surface area (Å²) in [6.07, 6.45) is 0.945. The van der Waals surface area contributed by atoms with Gasteiger partial charge in [0.2, 0.25) is 0 Å². The maximum Gasteiger partial charge on any atom is 0.0154 e. The molecule has 20 heavy (non-hydrogen) atoms. The summed E-state index contributed by atoms with van der Waals surface area (Å²) in [5.74, 6) is 0. The van der Waals surface area contributed by atoms with Gasteiger partial charge in [-0.05, 0) is 74.6 Å². The molecule has 0 aliphatic heterocycles. The first-order chi connectivity index (χ1) is 9.45. The molecule has 0 saturated heterocycles. The Balaban J connectivity index is 2.22. The van der Waals surface area contributed by atoms with E-state index in [1.54, 1.807) is 0 Å². The highest BCUT2D eigenvalue weighted by Crippen LogP contribution is 2.32. The smallest absolute Gasteiger partial charge is 0.0154 e. The second-order valence-electron chi connectivity index (χ2n) is 5.64. The molecule has 2 heteroatoms. The average molecular weight is 285 g/mol. The number of hydrogen-bond acceptors (Lipinski definition) is 2. The molecule has 0 bridgehead atoms. The first-order valence-electron chi connectivity index (χ1n) is 7.06. The van der Waals surface area contributed by atoms with E-state index >= 15 is 0 Å². The average Bonchev–Trinajstić information content (AvgIpc) is 2.37. The number of hydrogen-bond donors (Lipinski definition) is 1. The predicted molar refractivity (Wildman–Crippen MR) is 88.6 cm³/mol. The number of nitrogens with two attached hydrogens (primary N) is 1. The van der Waals surface area contributed by atoms with Gasteiger partial charge in [0.25, 0.3) is 0 Å². The minimum atomic E-state index is 0.214. The first-order valence-corrected chi connectivity index (χ1v) is 7.87. The number of rotatable bonds is 4. The SMILES string of the molecule is Cc1ccc(C)c(Sc2ccc(CC(C)N)c(C)c2)c1. The molecule has 106 valence electrons. The van der Waals surface area contributed by atoms with Crippen LogP contribution in [0.25, 0.3) is 0 Å². The third-order valence-electron chi connectivity index (χ3n) is 3.43. The molecule has 0 aromatic heterocycles. The lowest BCUT2D eigenvalue weighted by Crippen LogP contribution is -2.18. The van der Waals surface area contributed by atoms with Gasteiger partial charge in [0, 0.05) is 15.8 Å². The molecule has 1 unspecified atom stereocenters. The van der Waals surface area contributed by atoms with Crippen LogP contribution in [0.2, 0.25) is 0 Å². The molecule has 2 aromatic rings. The van der Waals surface area contributed by atoms with E-state index in [1.807, 2.05) is 11.8 Å². The van der Waals surface area contributed by atoms with Crippen LogP contribution in [0, 0.1) is 20.8 Å². The molecular formula is C18H23NS. The molecule has 0 radical (unpaired) electrons. The minimum absolute atomic E-state index is 0.214. The summed E-state index contributed by atoms with van der Waals surface area (Å²) in [7, 11) is 0.